The van der Waals surface area contributed by atoms with Gasteiger partial charge in [-0.15, -0.1) is 0 Å². The summed E-state index contributed by atoms with van der Waals surface area (Å²) in [5.41, 5.74) is 3.00. The number of hydrogen-bond donors (Lipinski definition) is 0. The molecule has 0 saturated heterocycles. The first-order valence-corrected chi connectivity index (χ1v) is 5.93. The smallest absolute Gasteiger partial charge is 0.0514 e. The lowest BCUT2D eigenvalue weighted by molar-refractivity contribution is 1.47. The molecule has 0 aliphatic carbocycles. The normalized spacial score (nSPS) is 10.5. The van der Waals surface area contributed by atoms with Crippen molar-refractivity contribution in [2.24, 2.45) is 0 Å². The maximum Gasteiger partial charge on any atom is 0.0514 e. The van der Waals surface area contributed by atoms with Gasteiger partial charge in [-0.05, 0) is 24.6 Å². The van der Waals surface area contributed by atoms with Gasteiger partial charge in [-0.2, -0.15) is 0 Å². The lowest BCUT2D eigenvalue weighted by Gasteiger charge is -2.08. The molecule has 0 fully saturated rings. The maximum absolute atomic E-state index is 6.15. The summed E-state index contributed by atoms with van der Waals surface area (Å²) in [4.78, 5) is 0. The predicted molar refractivity (Wildman–Crippen MR) is 71.6 cm³/mol. The van der Waals surface area contributed by atoms with E-state index in [1.807, 2.05) is 31.2 Å². The fraction of sp³-hybridized carbons (Fsp3) is 0.0769. The third kappa shape index (κ3) is 2.35. The summed E-state index contributed by atoms with van der Waals surface area (Å²) in [7, 11) is 0. The summed E-state index contributed by atoms with van der Waals surface area (Å²) in [5, 5.41) is 1.69. The standard InChI is InChI=1S/C13H9Cl3/c1-8-3-2-4-9(5-8)13-11(15)6-10(14)7-12(13)16/h2-7H,1H3. The molecule has 3 heteroatoms. The summed E-state index contributed by atoms with van der Waals surface area (Å²) in [6, 6.07) is 11.4. The molecule has 0 heterocycles. The molecule has 16 heavy (non-hydrogen) atoms. The van der Waals surface area contributed by atoms with Gasteiger partial charge in [-0.25, -0.2) is 0 Å². The zero-order valence-electron chi connectivity index (χ0n) is 8.60. The highest BCUT2D eigenvalue weighted by Crippen LogP contribution is 2.37. The van der Waals surface area contributed by atoms with Gasteiger partial charge in [0, 0.05) is 10.6 Å². The second kappa shape index (κ2) is 4.67. The molecule has 0 nitrogen and oxygen atoms in total. The van der Waals surface area contributed by atoms with Gasteiger partial charge in [-0.3, -0.25) is 0 Å². The zero-order chi connectivity index (χ0) is 11.7. The van der Waals surface area contributed by atoms with Gasteiger partial charge < -0.3 is 0 Å². The number of aryl methyl sites for hydroxylation is 1. The van der Waals surface area contributed by atoms with Crippen molar-refractivity contribution < 1.29 is 0 Å². The Morgan fingerprint density at radius 1 is 0.875 bits per heavy atom. The van der Waals surface area contributed by atoms with Gasteiger partial charge in [0.15, 0.2) is 0 Å². The van der Waals surface area contributed by atoms with Gasteiger partial charge in [0.25, 0.3) is 0 Å². The van der Waals surface area contributed by atoms with Crippen LogP contribution >= 0.6 is 34.8 Å². The molecule has 0 spiro atoms. The minimum Gasteiger partial charge on any atom is -0.0842 e. The highest BCUT2D eigenvalue weighted by Gasteiger charge is 2.09. The first-order chi connectivity index (χ1) is 7.58. The van der Waals surface area contributed by atoms with Crippen molar-refractivity contribution >= 4 is 34.8 Å². The number of hydrogen-bond acceptors (Lipinski definition) is 0. The number of halogens is 3. The summed E-state index contributed by atoms with van der Waals surface area (Å²) in [6.45, 7) is 2.03. The Labute approximate surface area is 110 Å². The molecule has 0 aliphatic rings. The lowest BCUT2D eigenvalue weighted by atomic mass is 10.0. The van der Waals surface area contributed by atoms with Gasteiger partial charge in [0.1, 0.15) is 0 Å². The molecular weight excluding hydrogens is 263 g/mol. The van der Waals surface area contributed by atoms with Crippen molar-refractivity contribution in [2.75, 3.05) is 0 Å². The van der Waals surface area contributed by atoms with Gasteiger partial charge in [0.05, 0.1) is 10.0 Å². The van der Waals surface area contributed by atoms with Crippen LogP contribution in [0.15, 0.2) is 36.4 Å². The van der Waals surface area contributed by atoms with Crippen molar-refractivity contribution in [3.63, 3.8) is 0 Å². The molecule has 0 radical (unpaired) electrons. The van der Waals surface area contributed by atoms with Crippen molar-refractivity contribution in [1.82, 2.24) is 0 Å². The first-order valence-electron chi connectivity index (χ1n) is 4.79. The molecule has 82 valence electrons. The highest BCUT2D eigenvalue weighted by atomic mass is 35.5. The summed E-state index contributed by atoms with van der Waals surface area (Å²) >= 11 is 18.2. The van der Waals surface area contributed by atoms with Crippen LogP contribution in [-0.4, -0.2) is 0 Å². The molecule has 0 atom stereocenters. The van der Waals surface area contributed by atoms with Crippen LogP contribution in [0.25, 0.3) is 11.1 Å². The molecule has 0 aliphatic heterocycles. The van der Waals surface area contributed by atoms with Crippen LogP contribution in [0, 0.1) is 6.92 Å². The Balaban J connectivity index is 2.64. The molecule has 0 N–H and O–H groups in total. The molecule has 0 unspecified atom stereocenters. The monoisotopic (exact) mass is 270 g/mol. The third-order valence-corrected chi connectivity index (χ3v) is 3.13. The lowest BCUT2D eigenvalue weighted by Crippen LogP contribution is -1.83. The average Bonchev–Trinajstić information content (AvgIpc) is 2.15. The molecule has 0 saturated carbocycles. The average molecular weight is 272 g/mol. The maximum atomic E-state index is 6.15. The van der Waals surface area contributed by atoms with Crippen LogP contribution in [0.4, 0.5) is 0 Å². The van der Waals surface area contributed by atoms with E-state index in [1.54, 1.807) is 12.1 Å². The van der Waals surface area contributed by atoms with Crippen molar-refractivity contribution in [2.45, 2.75) is 6.92 Å². The van der Waals surface area contributed by atoms with E-state index in [0.29, 0.717) is 15.1 Å². The SMILES string of the molecule is Cc1cccc(-c2c(Cl)cc(Cl)cc2Cl)c1. The Morgan fingerprint density at radius 3 is 2.06 bits per heavy atom. The first kappa shape index (κ1) is 11.8. The Hall–Kier alpha value is -0.690. The van der Waals surface area contributed by atoms with Crippen LogP contribution in [0.1, 0.15) is 5.56 Å². The molecule has 2 aromatic carbocycles. The molecule has 0 amide bonds. The molecular formula is C13H9Cl3. The van der Waals surface area contributed by atoms with Crippen LogP contribution < -0.4 is 0 Å². The fourth-order valence-electron chi connectivity index (χ4n) is 1.62. The summed E-state index contributed by atoms with van der Waals surface area (Å²) in [6.07, 6.45) is 0. The van der Waals surface area contributed by atoms with Crippen molar-refractivity contribution in [3.05, 3.63) is 57.0 Å². The van der Waals surface area contributed by atoms with Crippen LogP contribution in [-0.2, 0) is 0 Å². The summed E-state index contributed by atoms with van der Waals surface area (Å²) < 4.78 is 0. The van der Waals surface area contributed by atoms with E-state index in [1.165, 1.54) is 5.56 Å². The van der Waals surface area contributed by atoms with E-state index >= 15 is 0 Å². The second-order valence-electron chi connectivity index (χ2n) is 3.61. The number of rotatable bonds is 1. The van der Waals surface area contributed by atoms with Gasteiger partial charge >= 0.3 is 0 Å². The second-order valence-corrected chi connectivity index (χ2v) is 4.86. The van der Waals surface area contributed by atoms with Crippen LogP contribution in [0.5, 0.6) is 0 Å². The Bertz CT molecular complexity index is 509. The largest absolute Gasteiger partial charge is 0.0842 e. The Kier molecular flexibility index (Phi) is 3.44. The third-order valence-electron chi connectivity index (χ3n) is 2.31. The van der Waals surface area contributed by atoms with E-state index < -0.39 is 0 Å². The Morgan fingerprint density at radius 2 is 1.50 bits per heavy atom. The zero-order valence-corrected chi connectivity index (χ0v) is 10.9. The highest BCUT2D eigenvalue weighted by molar-refractivity contribution is 6.41. The van der Waals surface area contributed by atoms with E-state index in [0.717, 1.165) is 11.1 Å². The summed E-state index contributed by atoms with van der Waals surface area (Å²) in [5.74, 6) is 0. The molecule has 2 aromatic rings. The fourth-order valence-corrected chi connectivity index (χ4v) is 2.65. The quantitative estimate of drug-likeness (QED) is 0.631. The van der Waals surface area contributed by atoms with E-state index in [9.17, 15) is 0 Å². The predicted octanol–water partition coefficient (Wildman–Crippen LogP) is 5.62. The molecule has 0 bridgehead atoms. The van der Waals surface area contributed by atoms with E-state index in [2.05, 4.69) is 0 Å². The van der Waals surface area contributed by atoms with Gasteiger partial charge in [-0.1, -0.05) is 64.6 Å². The molecule has 2 rings (SSSR count). The van der Waals surface area contributed by atoms with E-state index in [4.69, 9.17) is 34.8 Å². The van der Waals surface area contributed by atoms with Crippen molar-refractivity contribution in [1.29, 1.82) is 0 Å². The minimum absolute atomic E-state index is 0.548. The van der Waals surface area contributed by atoms with Gasteiger partial charge in [0.2, 0.25) is 0 Å². The van der Waals surface area contributed by atoms with E-state index in [-0.39, 0.29) is 0 Å². The number of benzene rings is 2. The van der Waals surface area contributed by atoms with Crippen LogP contribution in [0.3, 0.4) is 0 Å². The minimum atomic E-state index is 0.548. The van der Waals surface area contributed by atoms with Crippen molar-refractivity contribution in [3.8, 4) is 11.1 Å². The topological polar surface area (TPSA) is 0 Å². The molecule has 0 aromatic heterocycles. The van der Waals surface area contributed by atoms with Crippen LogP contribution in [0.2, 0.25) is 15.1 Å².